The summed E-state index contributed by atoms with van der Waals surface area (Å²) in [5.41, 5.74) is 1.07. The minimum atomic E-state index is -0.918. The van der Waals surface area contributed by atoms with E-state index in [1.807, 2.05) is 13.0 Å². The predicted octanol–water partition coefficient (Wildman–Crippen LogP) is 2.94. The van der Waals surface area contributed by atoms with Crippen LogP contribution < -0.4 is 0 Å². The van der Waals surface area contributed by atoms with Gasteiger partial charge >= 0.3 is 5.97 Å². The number of carboxylic acids is 1. The van der Waals surface area contributed by atoms with E-state index < -0.39 is 5.97 Å². The lowest BCUT2D eigenvalue weighted by Gasteiger charge is -2.06. The van der Waals surface area contributed by atoms with Crippen molar-refractivity contribution in [2.75, 3.05) is 6.61 Å². The first-order valence-electron chi connectivity index (χ1n) is 4.76. The molecule has 0 aliphatic rings. The van der Waals surface area contributed by atoms with Crippen LogP contribution in [0.5, 0.6) is 0 Å². The molecule has 0 saturated heterocycles. The molecule has 1 rings (SSSR count). The number of carbonyl (C=O) groups is 1. The summed E-state index contributed by atoms with van der Waals surface area (Å²) >= 11 is 6.29. The van der Waals surface area contributed by atoms with Crippen molar-refractivity contribution in [1.82, 2.24) is 0 Å². The molecule has 0 heterocycles. The SMILES string of the molecule is CCOC(=S)SCc1ccccc1C(=O)O. The van der Waals surface area contributed by atoms with Crippen molar-refractivity contribution < 1.29 is 14.6 Å². The summed E-state index contributed by atoms with van der Waals surface area (Å²) in [6.45, 7) is 2.39. The van der Waals surface area contributed by atoms with Crippen molar-refractivity contribution in [3.8, 4) is 0 Å². The van der Waals surface area contributed by atoms with E-state index in [1.54, 1.807) is 18.2 Å². The van der Waals surface area contributed by atoms with E-state index in [4.69, 9.17) is 22.1 Å². The molecule has 0 fully saturated rings. The van der Waals surface area contributed by atoms with Gasteiger partial charge in [-0.3, -0.25) is 0 Å². The highest BCUT2D eigenvalue weighted by Crippen LogP contribution is 2.18. The van der Waals surface area contributed by atoms with E-state index in [2.05, 4.69) is 0 Å². The normalized spacial score (nSPS) is 9.81. The largest absolute Gasteiger partial charge is 0.479 e. The van der Waals surface area contributed by atoms with Crippen LogP contribution in [0.3, 0.4) is 0 Å². The highest BCUT2D eigenvalue weighted by Gasteiger charge is 2.09. The highest BCUT2D eigenvalue weighted by atomic mass is 32.2. The van der Waals surface area contributed by atoms with Gasteiger partial charge in [0.2, 0.25) is 4.38 Å². The van der Waals surface area contributed by atoms with Gasteiger partial charge in [-0.25, -0.2) is 4.79 Å². The van der Waals surface area contributed by atoms with E-state index in [1.165, 1.54) is 11.8 Å². The Bertz CT molecular complexity index is 391. The van der Waals surface area contributed by atoms with Crippen LogP contribution in [0.2, 0.25) is 0 Å². The molecule has 1 N–H and O–H groups in total. The second kappa shape index (κ2) is 6.50. The van der Waals surface area contributed by atoms with Crippen LogP contribution in [0, 0.1) is 0 Å². The molecule has 0 aliphatic carbocycles. The smallest absolute Gasteiger partial charge is 0.335 e. The molecule has 3 nitrogen and oxygen atoms in total. The topological polar surface area (TPSA) is 46.5 Å². The second-order valence-corrected chi connectivity index (χ2v) is 4.51. The van der Waals surface area contributed by atoms with Crippen LogP contribution >= 0.6 is 24.0 Å². The fourth-order valence-electron chi connectivity index (χ4n) is 1.15. The standard InChI is InChI=1S/C11H12O3S2/c1-2-14-11(15)16-7-8-5-3-4-6-9(8)10(12)13/h3-6H,2,7H2,1H3,(H,12,13). The monoisotopic (exact) mass is 256 g/mol. The van der Waals surface area contributed by atoms with Gasteiger partial charge in [-0.2, -0.15) is 0 Å². The van der Waals surface area contributed by atoms with Crippen LogP contribution in [0.1, 0.15) is 22.8 Å². The molecule has 5 heteroatoms. The number of thioether (sulfide) groups is 1. The Morgan fingerprint density at radius 3 is 2.81 bits per heavy atom. The summed E-state index contributed by atoms with van der Waals surface area (Å²) in [6, 6.07) is 6.89. The third-order valence-electron chi connectivity index (χ3n) is 1.86. The molecule has 0 saturated carbocycles. The quantitative estimate of drug-likeness (QED) is 0.839. The molecular weight excluding hydrogens is 244 g/mol. The zero-order valence-electron chi connectivity index (χ0n) is 8.80. The van der Waals surface area contributed by atoms with Crippen LogP contribution in [-0.4, -0.2) is 22.1 Å². The predicted molar refractivity (Wildman–Crippen MR) is 68.9 cm³/mol. The van der Waals surface area contributed by atoms with Gasteiger partial charge in [-0.1, -0.05) is 30.0 Å². The van der Waals surface area contributed by atoms with E-state index in [0.29, 0.717) is 22.3 Å². The summed E-state index contributed by atoms with van der Waals surface area (Å²) in [6.07, 6.45) is 0. The zero-order chi connectivity index (χ0) is 12.0. The Balaban J connectivity index is 2.66. The molecule has 0 aliphatic heterocycles. The second-order valence-electron chi connectivity index (χ2n) is 2.93. The van der Waals surface area contributed by atoms with Crippen LogP contribution in [0.15, 0.2) is 24.3 Å². The van der Waals surface area contributed by atoms with Gasteiger partial charge < -0.3 is 9.84 Å². The number of ether oxygens (including phenoxy) is 1. The van der Waals surface area contributed by atoms with E-state index >= 15 is 0 Å². The lowest BCUT2D eigenvalue weighted by molar-refractivity contribution is 0.0696. The van der Waals surface area contributed by atoms with Gasteiger partial charge in [0.1, 0.15) is 0 Å². The molecule has 0 atom stereocenters. The Morgan fingerprint density at radius 1 is 1.50 bits per heavy atom. The molecule has 0 amide bonds. The lowest BCUT2D eigenvalue weighted by atomic mass is 10.1. The maximum atomic E-state index is 10.9. The highest BCUT2D eigenvalue weighted by molar-refractivity contribution is 8.22. The third-order valence-corrected chi connectivity index (χ3v) is 3.14. The third kappa shape index (κ3) is 3.83. The summed E-state index contributed by atoms with van der Waals surface area (Å²) in [5, 5.41) is 8.96. The van der Waals surface area contributed by atoms with Gasteiger partial charge in [0.25, 0.3) is 0 Å². The first-order valence-corrected chi connectivity index (χ1v) is 6.15. The fourth-order valence-corrected chi connectivity index (χ4v) is 2.17. The molecule has 0 unspecified atom stereocenters. The van der Waals surface area contributed by atoms with E-state index in [0.717, 1.165) is 5.56 Å². The number of thiocarbonyl (C=S) groups is 1. The number of aromatic carboxylic acids is 1. The Morgan fingerprint density at radius 2 is 2.19 bits per heavy atom. The molecular formula is C11H12O3S2. The minimum absolute atomic E-state index is 0.314. The van der Waals surface area contributed by atoms with Crippen molar-refractivity contribution in [1.29, 1.82) is 0 Å². The summed E-state index contributed by atoms with van der Waals surface area (Å²) < 4.78 is 5.56. The molecule has 0 spiro atoms. The average Bonchev–Trinajstić information content (AvgIpc) is 2.27. The van der Waals surface area contributed by atoms with Gasteiger partial charge in [0.15, 0.2) is 0 Å². The van der Waals surface area contributed by atoms with Gasteiger partial charge in [-0.05, 0) is 30.8 Å². The molecule has 0 radical (unpaired) electrons. The number of hydrogen-bond donors (Lipinski definition) is 1. The summed E-state index contributed by atoms with van der Waals surface area (Å²) in [5.74, 6) is -0.403. The van der Waals surface area contributed by atoms with Gasteiger partial charge in [-0.15, -0.1) is 0 Å². The number of hydrogen-bond acceptors (Lipinski definition) is 4. The number of carboxylic acid groups (broad SMARTS) is 1. The van der Waals surface area contributed by atoms with Crippen molar-refractivity contribution >= 4 is 34.3 Å². The maximum Gasteiger partial charge on any atom is 0.335 e. The van der Waals surface area contributed by atoms with Crippen molar-refractivity contribution in [2.24, 2.45) is 0 Å². The molecule has 86 valence electrons. The summed E-state index contributed by atoms with van der Waals surface area (Å²) in [4.78, 5) is 10.9. The van der Waals surface area contributed by atoms with Crippen molar-refractivity contribution in [2.45, 2.75) is 12.7 Å². The number of rotatable bonds is 4. The van der Waals surface area contributed by atoms with Gasteiger partial charge in [0, 0.05) is 5.75 Å². The fraction of sp³-hybridized carbons (Fsp3) is 0.273. The average molecular weight is 256 g/mol. The molecule has 1 aromatic rings. The molecule has 0 bridgehead atoms. The van der Waals surface area contributed by atoms with Crippen molar-refractivity contribution in [3.63, 3.8) is 0 Å². The first kappa shape index (κ1) is 13.0. The molecule has 0 aromatic heterocycles. The van der Waals surface area contributed by atoms with Crippen LogP contribution in [0.4, 0.5) is 0 Å². The summed E-state index contributed by atoms with van der Waals surface area (Å²) in [7, 11) is 0. The Labute approximate surface area is 104 Å². The minimum Gasteiger partial charge on any atom is -0.479 e. The Hall–Kier alpha value is -1.07. The van der Waals surface area contributed by atoms with Crippen molar-refractivity contribution in [3.05, 3.63) is 35.4 Å². The first-order chi connectivity index (χ1) is 7.65. The van der Waals surface area contributed by atoms with Gasteiger partial charge in [0.05, 0.1) is 12.2 Å². The lowest BCUT2D eigenvalue weighted by Crippen LogP contribution is -2.02. The molecule has 16 heavy (non-hydrogen) atoms. The maximum absolute atomic E-state index is 10.9. The Kier molecular flexibility index (Phi) is 5.28. The van der Waals surface area contributed by atoms with Crippen LogP contribution in [0.25, 0.3) is 0 Å². The zero-order valence-corrected chi connectivity index (χ0v) is 10.4. The number of benzene rings is 1. The molecule has 1 aromatic carbocycles. The van der Waals surface area contributed by atoms with E-state index in [-0.39, 0.29) is 0 Å². The van der Waals surface area contributed by atoms with Crippen LogP contribution in [-0.2, 0) is 10.5 Å². The van der Waals surface area contributed by atoms with E-state index in [9.17, 15) is 4.79 Å².